The molecule has 0 N–H and O–H groups in total. The monoisotopic (exact) mass is 270 g/mol. The molecular formula is C11H11ClN2O4. The molecule has 1 fully saturated rings. The van der Waals surface area contributed by atoms with E-state index in [1.807, 2.05) is 0 Å². The molecule has 0 saturated carbocycles. The number of nitro benzene ring substituents is 1. The van der Waals surface area contributed by atoms with Crippen molar-refractivity contribution in [2.24, 2.45) is 0 Å². The van der Waals surface area contributed by atoms with Crippen LogP contribution in [0.2, 0.25) is 5.02 Å². The highest BCUT2D eigenvalue weighted by atomic mass is 35.5. The van der Waals surface area contributed by atoms with Gasteiger partial charge in [0.25, 0.3) is 11.6 Å². The van der Waals surface area contributed by atoms with Gasteiger partial charge >= 0.3 is 0 Å². The number of halogens is 1. The van der Waals surface area contributed by atoms with Crippen molar-refractivity contribution in [3.05, 3.63) is 38.9 Å². The minimum Gasteiger partial charge on any atom is -0.271 e. The van der Waals surface area contributed by atoms with Gasteiger partial charge in [-0.25, -0.2) is 5.06 Å². The van der Waals surface area contributed by atoms with Crippen molar-refractivity contribution in [2.75, 3.05) is 13.2 Å². The molecule has 1 aromatic rings. The molecular weight excluding hydrogens is 260 g/mol. The van der Waals surface area contributed by atoms with Gasteiger partial charge in [0.05, 0.1) is 22.1 Å². The first-order chi connectivity index (χ1) is 8.59. The summed E-state index contributed by atoms with van der Waals surface area (Å²) >= 11 is 5.89. The van der Waals surface area contributed by atoms with E-state index in [2.05, 4.69) is 0 Å². The van der Waals surface area contributed by atoms with Gasteiger partial charge in [0.2, 0.25) is 0 Å². The van der Waals surface area contributed by atoms with Crippen molar-refractivity contribution >= 4 is 23.2 Å². The zero-order valence-electron chi connectivity index (χ0n) is 9.47. The quantitative estimate of drug-likeness (QED) is 0.611. The first-order valence-electron chi connectivity index (χ1n) is 5.48. The summed E-state index contributed by atoms with van der Waals surface area (Å²) in [5.74, 6) is -0.441. The maximum atomic E-state index is 12.1. The minimum atomic E-state index is -0.565. The van der Waals surface area contributed by atoms with Gasteiger partial charge in [0.15, 0.2) is 0 Å². The molecule has 0 unspecified atom stereocenters. The Balaban J connectivity index is 2.28. The number of rotatable bonds is 2. The predicted octanol–water partition coefficient (Wildman–Crippen LogP) is 2.42. The molecule has 0 atom stereocenters. The number of nitro groups is 1. The summed E-state index contributed by atoms with van der Waals surface area (Å²) in [7, 11) is 0. The second-order valence-electron chi connectivity index (χ2n) is 3.87. The molecule has 0 radical (unpaired) electrons. The highest BCUT2D eigenvalue weighted by Gasteiger charge is 2.23. The predicted molar refractivity (Wildman–Crippen MR) is 64.3 cm³/mol. The van der Waals surface area contributed by atoms with E-state index < -0.39 is 10.8 Å². The van der Waals surface area contributed by atoms with E-state index in [0.29, 0.717) is 13.2 Å². The molecule has 1 saturated heterocycles. The topological polar surface area (TPSA) is 72.7 Å². The van der Waals surface area contributed by atoms with Gasteiger partial charge in [-0.05, 0) is 18.9 Å². The van der Waals surface area contributed by atoms with Crippen molar-refractivity contribution in [3.8, 4) is 0 Å². The lowest BCUT2D eigenvalue weighted by Gasteiger charge is -2.26. The van der Waals surface area contributed by atoms with Crippen LogP contribution in [0.3, 0.4) is 0 Å². The first-order valence-corrected chi connectivity index (χ1v) is 5.86. The van der Waals surface area contributed by atoms with E-state index in [-0.39, 0.29) is 16.3 Å². The number of hydrogen-bond acceptors (Lipinski definition) is 4. The fraction of sp³-hybridized carbons (Fsp3) is 0.364. The number of non-ortho nitro benzene ring substituents is 1. The Morgan fingerprint density at radius 2 is 2.22 bits per heavy atom. The lowest BCUT2D eigenvalue weighted by atomic mass is 10.1. The van der Waals surface area contributed by atoms with Crippen LogP contribution in [0.4, 0.5) is 5.69 Å². The minimum absolute atomic E-state index is 0.0905. The smallest absolute Gasteiger partial charge is 0.271 e. The van der Waals surface area contributed by atoms with E-state index in [1.165, 1.54) is 23.3 Å². The molecule has 7 heteroatoms. The van der Waals surface area contributed by atoms with Crippen molar-refractivity contribution < 1.29 is 14.6 Å². The summed E-state index contributed by atoms with van der Waals surface area (Å²) in [6.45, 7) is 0.941. The van der Waals surface area contributed by atoms with Crippen LogP contribution >= 0.6 is 11.6 Å². The fourth-order valence-electron chi connectivity index (χ4n) is 1.68. The molecule has 0 spiro atoms. The van der Waals surface area contributed by atoms with Crippen LogP contribution in [0.1, 0.15) is 23.2 Å². The zero-order valence-corrected chi connectivity index (χ0v) is 10.2. The first kappa shape index (κ1) is 12.8. The number of hydroxylamine groups is 2. The van der Waals surface area contributed by atoms with Crippen LogP contribution < -0.4 is 0 Å². The van der Waals surface area contributed by atoms with Gasteiger partial charge in [-0.3, -0.25) is 19.7 Å². The summed E-state index contributed by atoms with van der Waals surface area (Å²) in [4.78, 5) is 27.4. The Labute approximate surface area is 108 Å². The maximum Gasteiger partial charge on any atom is 0.279 e. The highest BCUT2D eigenvalue weighted by molar-refractivity contribution is 6.33. The van der Waals surface area contributed by atoms with Gasteiger partial charge < -0.3 is 0 Å². The third-order valence-corrected chi connectivity index (χ3v) is 2.95. The SMILES string of the molecule is O=C(c1cc([N+](=O)[O-])ccc1Cl)N1CCCCO1. The number of nitrogens with zero attached hydrogens (tertiary/aromatic N) is 2. The third-order valence-electron chi connectivity index (χ3n) is 2.62. The lowest BCUT2D eigenvalue weighted by Crippen LogP contribution is -2.35. The van der Waals surface area contributed by atoms with Crippen LogP contribution in [0.5, 0.6) is 0 Å². The zero-order chi connectivity index (χ0) is 13.1. The van der Waals surface area contributed by atoms with Crippen LogP contribution in [-0.2, 0) is 4.84 Å². The lowest BCUT2D eigenvalue weighted by molar-refractivity contribution is -0.384. The van der Waals surface area contributed by atoms with E-state index in [4.69, 9.17) is 16.4 Å². The van der Waals surface area contributed by atoms with Crippen LogP contribution in [0, 0.1) is 10.1 Å². The Hall–Kier alpha value is -1.66. The molecule has 1 heterocycles. The van der Waals surface area contributed by atoms with Gasteiger partial charge in [-0.15, -0.1) is 0 Å². The van der Waals surface area contributed by atoms with Gasteiger partial charge in [0, 0.05) is 18.7 Å². The summed E-state index contributed by atoms with van der Waals surface area (Å²) in [6.07, 6.45) is 1.74. The van der Waals surface area contributed by atoms with Crippen LogP contribution in [-0.4, -0.2) is 29.0 Å². The summed E-state index contributed by atoms with van der Waals surface area (Å²) < 4.78 is 0. The van der Waals surface area contributed by atoms with Crippen molar-refractivity contribution in [3.63, 3.8) is 0 Å². The molecule has 2 rings (SSSR count). The standard InChI is InChI=1S/C11H11ClN2O4/c12-10-4-3-8(14(16)17)7-9(10)11(15)13-5-1-2-6-18-13/h3-4,7H,1-2,5-6H2. The molecule has 6 nitrogen and oxygen atoms in total. The second kappa shape index (κ2) is 5.32. The Morgan fingerprint density at radius 3 is 2.83 bits per heavy atom. The number of carbonyl (C=O) groups is 1. The van der Waals surface area contributed by atoms with E-state index in [0.717, 1.165) is 12.8 Å². The number of amides is 1. The number of carbonyl (C=O) groups excluding carboxylic acids is 1. The maximum absolute atomic E-state index is 12.1. The second-order valence-corrected chi connectivity index (χ2v) is 4.28. The van der Waals surface area contributed by atoms with Crippen LogP contribution in [0.25, 0.3) is 0 Å². The van der Waals surface area contributed by atoms with E-state index in [1.54, 1.807) is 0 Å². The van der Waals surface area contributed by atoms with Crippen molar-refractivity contribution in [2.45, 2.75) is 12.8 Å². The summed E-state index contributed by atoms with van der Waals surface area (Å²) in [5, 5.41) is 12.1. The molecule has 1 amide bonds. The number of benzene rings is 1. The normalized spacial score (nSPS) is 15.5. The fourth-order valence-corrected chi connectivity index (χ4v) is 1.88. The van der Waals surface area contributed by atoms with E-state index >= 15 is 0 Å². The van der Waals surface area contributed by atoms with Gasteiger partial charge in [-0.1, -0.05) is 11.6 Å². The molecule has 1 aliphatic rings. The van der Waals surface area contributed by atoms with Crippen molar-refractivity contribution in [1.82, 2.24) is 5.06 Å². The average molecular weight is 271 g/mol. The summed E-state index contributed by atoms with van der Waals surface area (Å²) in [6, 6.07) is 3.77. The Bertz CT molecular complexity index is 486. The van der Waals surface area contributed by atoms with Crippen molar-refractivity contribution in [1.29, 1.82) is 0 Å². The van der Waals surface area contributed by atoms with Gasteiger partial charge in [0.1, 0.15) is 0 Å². The molecule has 1 aliphatic heterocycles. The molecule has 0 aromatic heterocycles. The molecule has 0 aliphatic carbocycles. The van der Waals surface area contributed by atoms with Crippen LogP contribution in [0.15, 0.2) is 18.2 Å². The van der Waals surface area contributed by atoms with Gasteiger partial charge in [-0.2, -0.15) is 0 Å². The highest BCUT2D eigenvalue weighted by Crippen LogP contribution is 2.24. The molecule has 0 bridgehead atoms. The molecule has 1 aromatic carbocycles. The Morgan fingerprint density at radius 1 is 1.44 bits per heavy atom. The summed E-state index contributed by atoms with van der Waals surface area (Å²) in [5.41, 5.74) is -0.0764. The average Bonchev–Trinajstić information content (AvgIpc) is 2.39. The third kappa shape index (κ3) is 2.60. The largest absolute Gasteiger partial charge is 0.279 e. The molecule has 18 heavy (non-hydrogen) atoms. The Kier molecular flexibility index (Phi) is 3.78. The molecule has 96 valence electrons. The number of hydrogen-bond donors (Lipinski definition) is 0. The van der Waals surface area contributed by atoms with E-state index in [9.17, 15) is 14.9 Å².